The van der Waals surface area contributed by atoms with Crippen molar-refractivity contribution < 1.29 is 29.0 Å². The molecule has 0 aliphatic heterocycles. The Kier molecular flexibility index (Phi) is 25.7. The Balaban J connectivity index is 3.56. The molecule has 0 aromatic rings. The first-order valence-electron chi connectivity index (χ1n) is 14.8. The zero-order chi connectivity index (χ0) is 27.4. The smallest absolute Gasteiger partial charge is 0.305 e. The first-order chi connectivity index (χ1) is 18.0. The van der Waals surface area contributed by atoms with E-state index in [-0.39, 0.29) is 30.9 Å². The number of hydrogen-bond acceptors (Lipinski definition) is 6. The van der Waals surface area contributed by atoms with Gasteiger partial charge in [0.25, 0.3) is 0 Å². The highest BCUT2D eigenvalue weighted by Crippen LogP contribution is 2.10. The number of esters is 2. The van der Waals surface area contributed by atoms with Crippen molar-refractivity contribution in [2.24, 2.45) is 0 Å². The average Bonchev–Trinajstić information content (AvgIpc) is 2.89. The van der Waals surface area contributed by atoms with Gasteiger partial charge in [-0.15, -0.1) is 0 Å². The van der Waals surface area contributed by atoms with Crippen LogP contribution in [0.2, 0.25) is 0 Å². The van der Waals surface area contributed by atoms with Crippen molar-refractivity contribution in [3.63, 3.8) is 0 Å². The molecule has 0 spiro atoms. The van der Waals surface area contributed by atoms with Gasteiger partial charge in [0.1, 0.15) is 19.3 Å². The molecule has 0 bridgehead atoms. The maximum Gasteiger partial charge on any atom is 0.305 e. The molecular formula is C31H54O6. The van der Waals surface area contributed by atoms with Crippen LogP contribution in [0, 0.1) is 0 Å². The molecule has 6 nitrogen and oxygen atoms in total. The van der Waals surface area contributed by atoms with E-state index in [1.807, 2.05) is 12.2 Å². The third-order valence-corrected chi connectivity index (χ3v) is 6.17. The first kappa shape index (κ1) is 35.0. The van der Waals surface area contributed by atoms with Gasteiger partial charge in [-0.25, -0.2) is 0 Å². The van der Waals surface area contributed by atoms with E-state index in [1.165, 1.54) is 25.7 Å². The van der Waals surface area contributed by atoms with E-state index in [1.54, 1.807) is 6.08 Å². The van der Waals surface area contributed by atoms with Crippen molar-refractivity contribution in [2.45, 2.75) is 142 Å². The Morgan fingerprint density at radius 2 is 1.08 bits per heavy atom. The van der Waals surface area contributed by atoms with E-state index >= 15 is 0 Å². The second kappa shape index (κ2) is 27.1. The molecule has 6 heteroatoms. The summed E-state index contributed by atoms with van der Waals surface area (Å²) in [5.74, 6) is -0.435. The van der Waals surface area contributed by atoms with Gasteiger partial charge in [-0.1, -0.05) is 103 Å². The van der Waals surface area contributed by atoms with Gasteiger partial charge in [-0.2, -0.15) is 0 Å². The summed E-state index contributed by atoms with van der Waals surface area (Å²) in [5.41, 5.74) is 0. The van der Waals surface area contributed by atoms with E-state index in [0.717, 1.165) is 77.0 Å². The van der Waals surface area contributed by atoms with E-state index in [0.29, 0.717) is 19.3 Å². The topological polar surface area (TPSA) is 89.9 Å². The lowest BCUT2D eigenvalue weighted by Gasteiger charge is -2.12. The van der Waals surface area contributed by atoms with Crippen molar-refractivity contribution in [2.75, 3.05) is 13.2 Å². The number of aliphatic hydroxyl groups is 1. The van der Waals surface area contributed by atoms with E-state index < -0.39 is 6.10 Å². The quantitative estimate of drug-likeness (QED) is 0.0545. The number of carbonyl (C=O) groups excluding carboxylic acids is 3. The summed E-state index contributed by atoms with van der Waals surface area (Å²) >= 11 is 0. The lowest BCUT2D eigenvalue weighted by molar-refractivity contribution is -0.152. The molecule has 214 valence electrons. The molecular weight excluding hydrogens is 468 g/mol. The number of aliphatic hydroxyl groups excluding tert-OH is 1. The van der Waals surface area contributed by atoms with Crippen LogP contribution in [0.3, 0.4) is 0 Å². The molecule has 0 aromatic heterocycles. The van der Waals surface area contributed by atoms with Crippen molar-refractivity contribution >= 4 is 17.7 Å². The number of carbonyl (C=O) groups is 3. The van der Waals surface area contributed by atoms with Crippen LogP contribution in [-0.4, -0.2) is 42.1 Å². The molecule has 0 aromatic carbocycles. The van der Waals surface area contributed by atoms with Crippen LogP contribution in [0.25, 0.3) is 0 Å². The Morgan fingerprint density at radius 1 is 0.622 bits per heavy atom. The minimum Gasteiger partial charge on any atom is -0.463 e. The lowest BCUT2D eigenvalue weighted by Crippen LogP contribution is -2.25. The largest absolute Gasteiger partial charge is 0.463 e. The SMILES string of the molecule is CCCCCCCCCC(=O)OC[C@@H](O)COC(=O)CCCCCCC/C=C\C=C\C(=O)CCCCC. The standard InChI is InChI=1S/C31H54O6/c1-3-5-7-8-12-16-20-24-30(34)36-26-29(33)27-37-31(35)25-21-17-14-11-9-10-13-15-19-23-28(32)22-18-6-4-2/h13,15,19,23,29,33H,3-12,14,16-18,20-22,24-27H2,1-2H3/b15-13-,23-19+/t29-/m1/s1. The van der Waals surface area contributed by atoms with Gasteiger partial charge >= 0.3 is 11.9 Å². The Bertz CT molecular complexity index is 625. The molecule has 1 atom stereocenters. The Morgan fingerprint density at radius 3 is 1.65 bits per heavy atom. The van der Waals surface area contributed by atoms with E-state index in [9.17, 15) is 19.5 Å². The van der Waals surface area contributed by atoms with Gasteiger partial charge in [-0.3, -0.25) is 14.4 Å². The maximum absolute atomic E-state index is 11.8. The maximum atomic E-state index is 11.8. The lowest BCUT2D eigenvalue weighted by atomic mass is 10.1. The van der Waals surface area contributed by atoms with Crippen molar-refractivity contribution in [3.05, 3.63) is 24.3 Å². The molecule has 0 rings (SSSR count). The van der Waals surface area contributed by atoms with Crippen LogP contribution in [0.15, 0.2) is 24.3 Å². The fraction of sp³-hybridized carbons (Fsp3) is 0.774. The number of hydrogen-bond donors (Lipinski definition) is 1. The predicted molar refractivity (Wildman–Crippen MR) is 150 cm³/mol. The third kappa shape index (κ3) is 26.9. The number of ether oxygens (including phenoxy) is 2. The normalized spacial score (nSPS) is 12.3. The fourth-order valence-electron chi connectivity index (χ4n) is 3.83. The van der Waals surface area contributed by atoms with Gasteiger partial charge in [-0.05, 0) is 38.2 Å². The summed E-state index contributed by atoms with van der Waals surface area (Å²) in [4.78, 5) is 35.2. The molecule has 0 aliphatic rings. The van der Waals surface area contributed by atoms with Crippen molar-refractivity contribution in [1.82, 2.24) is 0 Å². The molecule has 0 fully saturated rings. The van der Waals surface area contributed by atoms with E-state index in [2.05, 4.69) is 19.9 Å². The molecule has 0 saturated carbocycles. The van der Waals surface area contributed by atoms with Gasteiger partial charge < -0.3 is 14.6 Å². The summed E-state index contributed by atoms with van der Waals surface area (Å²) in [6.45, 7) is 4.04. The molecule has 0 heterocycles. The molecule has 0 saturated heterocycles. The number of rotatable bonds is 26. The number of unbranched alkanes of at least 4 members (excludes halogenated alkanes) is 13. The molecule has 0 radical (unpaired) electrons. The number of ketones is 1. The highest BCUT2D eigenvalue weighted by molar-refractivity contribution is 5.89. The second-order valence-electron chi connectivity index (χ2n) is 9.91. The highest BCUT2D eigenvalue weighted by atomic mass is 16.6. The molecule has 1 N–H and O–H groups in total. The van der Waals surface area contributed by atoms with Crippen LogP contribution in [0.4, 0.5) is 0 Å². The van der Waals surface area contributed by atoms with Gasteiger partial charge in [0.15, 0.2) is 5.78 Å². The van der Waals surface area contributed by atoms with Crippen LogP contribution in [0.1, 0.15) is 136 Å². The zero-order valence-electron chi connectivity index (χ0n) is 23.7. The fourth-order valence-corrected chi connectivity index (χ4v) is 3.83. The van der Waals surface area contributed by atoms with Gasteiger partial charge in [0.2, 0.25) is 0 Å². The Hall–Kier alpha value is -1.95. The summed E-state index contributed by atoms with van der Waals surface area (Å²) < 4.78 is 10.2. The second-order valence-corrected chi connectivity index (χ2v) is 9.91. The van der Waals surface area contributed by atoms with Crippen LogP contribution in [-0.2, 0) is 23.9 Å². The minimum atomic E-state index is -0.982. The monoisotopic (exact) mass is 522 g/mol. The van der Waals surface area contributed by atoms with E-state index in [4.69, 9.17) is 9.47 Å². The van der Waals surface area contributed by atoms with Crippen molar-refractivity contribution in [1.29, 1.82) is 0 Å². The van der Waals surface area contributed by atoms with Gasteiger partial charge in [0, 0.05) is 19.3 Å². The molecule has 37 heavy (non-hydrogen) atoms. The zero-order valence-corrected chi connectivity index (χ0v) is 23.7. The summed E-state index contributed by atoms with van der Waals surface area (Å²) in [5, 5.41) is 9.88. The summed E-state index contributed by atoms with van der Waals surface area (Å²) in [6.07, 6.45) is 25.0. The van der Waals surface area contributed by atoms with Crippen molar-refractivity contribution in [3.8, 4) is 0 Å². The van der Waals surface area contributed by atoms with Crippen LogP contribution < -0.4 is 0 Å². The number of allylic oxidation sites excluding steroid dienone is 4. The van der Waals surface area contributed by atoms with Gasteiger partial charge in [0.05, 0.1) is 0 Å². The molecule has 0 unspecified atom stereocenters. The summed E-state index contributed by atoms with van der Waals surface area (Å²) in [7, 11) is 0. The molecule has 0 aliphatic carbocycles. The minimum absolute atomic E-state index is 0.137. The predicted octanol–water partition coefficient (Wildman–Crippen LogP) is 7.57. The third-order valence-electron chi connectivity index (χ3n) is 6.17. The average molecular weight is 523 g/mol. The Labute approximate surface area is 226 Å². The van der Waals surface area contributed by atoms with Crippen LogP contribution >= 0.6 is 0 Å². The summed E-state index contributed by atoms with van der Waals surface area (Å²) in [6, 6.07) is 0. The van der Waals surface area contributed by atoms with Crippen LogP contribution in [0.5, 0.6) is 0 Å². The highest BCUT2D eigenvalue weighted by Gasteiger charge is 2.12. The first-order valence-corrected chi connectivity index (χ1v) is 14.8. The molecule has 0 amide bonds.